The molecule has 20 heavy (non-hydrogen) atoms. The topological polar surface area (TPSA) is 89.5 Å². The van der Waals surface area contributed by atoms with Crippen molar-refractivity contribution >= 4 is 39.8 Å². The molecule has 1 aliphatic rings. The summed E-state index contributed by atoms with van der Waals surface area (Å²) in [6.07, 6.45) is -0.0838. The number of esters is 1. The number of carbonyl (C=O) groups is 2. The summed E-state index contributed by atoms with van der Waals surface area (Å²) in [4.78, 5) is 22.0. The van der Waals surface area contributed by atoms with Crippen LogP contribution in [0.2, 0.25) is 0 Å². The van der Waals surface area contributed by atoms with Gasteiger partial charge in [0.1, 0.15) is 6.61 Å². The fourth-order valence-electron chi connectivity index (χ4n) is 1.81. The van der Waals surface area contributed by atoms with Gasteiger partial charge in [-0.25, -0.2) is 4.79 Å². The Hall–Kier alpha value is -0.930. The standard InChI is InChI=1S/C12H11BrNO5S/c1-7(15)19-6-8-2-3-9(10(13)4-8)11-5-12(16)14(17,18)20-11/h2-4,11H,5-6H2,1H3/q-1. The minimum Gasteiger partial charge on any atom is -0.612 e. The molecule has 8 heteroatoms. The van der Waals surface area contributed by atoms with E-state index in [1.807, 2.05) is 0 Å². The van der Waals surface area contributed by atoms with Gasteiger partial charge in [-0.3, -0.25) is 9.01 Å². The maximum Gasteiger partial charge on any atom is 0.326 e. The Morgan fingerprint density at radius 1 is 1.55 bits per heavy atom. The SMILES string of the molecule is CC(=O)OCc1ccc(C2CC(=O)[N+]([O-])([O-])S2)c(Br)c1. The van der Waals surface area contributed by atoms with Crippen molar-refractivity contribution in [3.05, 3.63) is 44.2 Å². The molecule has 0 bridgehead atoms. The predicted octanol–water partition coefficient (Wildman–Crippen LogP) is 2.94. The lowest BCUT2D eigenvalue weighted by Gasteiger charge is -2.36. The van der Waals surface area contributed by atoms with Gasteiger partial charge in [-0.15, -0.1) is 0 Å². The molecule has 1 unspecified atom stereocenters. The summed E-state index contributed by atoms with van der Waals surface area (Å²) < 4.78 is 3.41. The Labute approximate surface area is 128 Å². The van der Waals surface area contributed by atoms with Gasteiger partial charge in [-0.1, -0.05) is 28.1 Å². The number of halogens is 1. The number of benzene rings is 1. The average Bonchev–Trinajstić information content (AvgIpc) is 2.61. The van der Waals surface area contributed by atoms with Gasteiger partial charge in [-0.2, -0.15) is 0 Å². The highest BCUT2D eigenvalue weighted by Gasteiger charge is 2.38. The summed E-state index contributed by atoms with van der Waals surface area (Å²) in [6.45, 7) is 1.47. The molecule has 0 aliphatic carbocycles. The smallest absolute Gasteiger partial charge is 0.326 e. The molecule has 1 aromatic rings. The largest absolute Gasteiger partial charge is 0.612 e. The van der Waals surface area contributed by atoms with E-state index in [4.69, 9.17) is 4.74 Å². The molecule has 0 radical (unpaired) electrons. The molecule has 108 valence electrons. The van der Waals surface area contributed by atoms with E-state index in [9.17, 15) is 20.0 Å². The molecule has 1 atom stereocenters. The number of rotatable bonds is 3. The van der Waals surface area contributed by atoms with Crippen LogP contribution in [0, 0.1) is 10.4 Å². The van der Waals surface area contributed by atoms with Crippen molar-refractivity contribution in [3.63, 3.8) is 0 Å². The number of carbonyl (C=O) groups excluding carboxylic acids is 2. The van der Waals surface area contributed by atoms with E-state index in [-0.39, 0.29) is 19.0 Å². The summed E-state index contributed by atoms with van der Waals surface area (Å²) >= 11 is 3.87. The van der Waals surface area contributed by atoms with Gasteiger partial charge < -0.3 is 15.2 Å². The Bertz CT molecular complexity index is 563. The summed E-state index contributed by atoms with van der Waals surface area (Å²) in [7, 11) is 0. The molecule has 1 aliphatic heterocycles. The van der Waals surface area contributed by atoms with Gasteiger partial charge in [0.15, 0.2) is 0 Å². The number of nitrogens with zero attached hydrogens (tertiary/aromatic N) is 1. The molecule has 1 amide bonds. The van der Waals surface area contributed by atoms with Crippen LogP contribution in [0.5, 0.6) is 0 Å². The van der Waals surface area contributed by atoms with Crippen LogP contribution in [0.3, 0.4) is 0 Å². The van der Waals surface area contributed by atoms with Crippen molar-refractivity contribution in [1.82, 2.24) is 0 Å². The molecule has 2 rings (SSSR count). The zero-order valence-electron chi connectivity index (χ0n) is 10.5. The lowest BCUT2D eigenvalue weighted by atomic mass is 10.1. The van der Waals surface area contributed by atoms with E-state index < -0.39 is 15.4 Å². The zero-order valence-corrected chi connectivity index (χ0v) is 12.9. The van der Waals surface area contributed by atoms with Gasteiger partial charge in [0.05, 0.1) is 23.6 Å². The second-order valence-corrected chi connectivity index (χ2v) is 6.44. The molecule has 0 aromatic heterocycles. The zero-order chi connectivity index (χ0) is 14.9. The third-order valence-corrected chi connectivity index (χ3v) is 4.63. The van der Waals surface area contributed by atoms with Gasteiger partial charge >= 0.3 is 11.9 Å². The number of hydrogen-bond donors (Lipinski definition) is 0. The molecule has 0 spiro atoms. The van der Waals surface area contributed by atoms with Gasteiger partial charge in [-0.05, 0) is 17.2 Å². The number of amides is 1. The summed E-state index contributed by atoms with van der Waals surface area (Å²) in [5, 5.41) is 22.1. The van der Waals surface area contributed by atoms with Crippen LogP contribution < -0.4 is 0 Å². The minimum atomic E-state index is -2.15. The van der Waals surface area contributed by atoms with Crippen molar-refractivity contribution in [1.29, 1.82) is 0 Å². The van der Waals surface area contributed by atoms with E-state index >= 15 is 0 Å². The van der Waals surface area contributed by atoms with E-state index in [0.717, 1.165) is 5.56 Å². The third kappa shape index (κ3) is 3.39. The molecule has 1 saturated heterocycles. The Kier molecular flexibility index (Phi) is 4.50. The van der Waals surface area contributed by atoms with Gasteiger partial charge in [0, 0.05) is 11.4 Å². The predicted molar refractivity (Wildman–Crippen MR) is 76.6 cm³/mol. The number of ether oxygens (including phenoxy) is 1. The van der Waals surface area contributed by atoms with Crippen LogP contribution in [-0.2, 0) is 20.9 Å². The van der Waals surface area contributed by atoms with Crippen molar-refractivity contribution in [3.8, 4) is 0 Å². The Morgan fingerprint density at radius 3 is 2.75 bits per heavy atom. The van der Waals surface area contributed by atoms with E-state index in [1.54, 1.807) is 18.2 Å². The van der Waals surface area contributed by atoms with Crippen molar-refractivity contribution in [2.24, 2.45) is 0 Å². The van der Waals surface area contributed by atoms with Crippen LogP contribution in [-0.4, -0.2) is 16.1 Å². The first-order valence-corrected chi connectivity index (χ1v) is 7.37. The van der Waals surface area contributed by atoms with Crippen molar-refractivity contribution in [2.45, 2.75) is 25.2 Å². The van der Waals surface area contributed by atoms with E-state index in [1.165, 1.54) is 6.92 Å². The lowest BCUT2D eigenvalue weighted by Crippen LogP contribution is -2.28. The molecule has 0 saturated carbocycles. The summed E-state index contributed by atoms with van der Waals surface area (Å²) in [5.74, 6) is -1.25. The highest BCUT2D eigenvalue weighted by molar-refractivity contribution is 9.10. The monoisotopic (exact) mass is 360 g/mol. The molecular formula is C12H11BrNO5S-. The van der Waals surface area contributed by atoms with Crippen LogP contribution in [0.25, 0.3) is 0 Å². The molecular weight excluding hydrogens is 350 g/mol. The van der Waals surface area contributed by atoms with Crippen molar-refractivity contribution in [2.75, 3.05) is 0 Å². The lowest BCUT2D eigenvalue weighted by molar-refractivity contribution is -0.593. The first-order chi connectivity index (χ1) is 9.29. The fourth-order valence-corrected chi connectivity index (χ4v) is 3.72. The number of hydrogen-bond acceptors (Lipinski definition) is 6. The van der Waals surface area contributed by atoms with Crippen LogP contribution in [0.15, 0.2) is 22.7 Å². The fraction of sp³-hybridized carbons (Fsp3) is 0.333. The highest BCUT2D eigenvalue weighted by atomic mass is 79.9. The molecule has 6 nitrogen and oxygen atoms in total. The highest BCUT2D eigenvalue weighted by Crippen LogP contribution is 2.48. The van der Waals surface area contributed by atoms with Crippen molar-refractivity contribution < 1.29 is 18.5 Å². The third-order valence-electron chi connectivity index (χ3n) is 2.79. The van der Waals surface area contributed by atoms with E-state index in [0.29, 0.717) is 22.0 Å². The molecule has 1 heterocycles. The van der Waals surface area contributed by atoms with Crippen LogP contribution >= 0.6 is 27.9 Å². The first-order valence-electron chi connectivity index (χ1n) is 5.74. The molecule has 0 N–H and O–H groups in total. The van der Waals surface area contributed by atoms with Gasteiger partial charge in [0.25, 0.3) is 0 Å². The Morgan fingerprint density at radius 2 is 2.25 bits per heavy atom. The van der Waals surface area contributed by atoms with E-state index in [2.05, 4.69) is 15.9 Å². The summed E-state index contributed by atoms with van der Waals surface area (Å²) in [6, 6.07) is 5.20. The van der Waals surface area contributed by atoms with Gasteiger partial charge in [0.2, 0.25) is 0 Å². The quantitative estimate of drug-likeness (QED) is 0.356. The minimum absolute atomic E-state index is 0.0838. The first kappa shape index (κ1) is 15.5. The maximum absolute atomic E-state index is 11.3. The Balaban J connectivity index is 2.15. The maximum atomic E-state index is 11.3. The second kappa shape index (κ2) is 5.82. The molecule has 1 aromatic carbocycles. The average molecular weight is 361 g/mol. The van der Waals surface area contributed by atoms with Crippen LogP contribution in [0.4, 0.5) is 0 Å². The molecule has 1 fully saturated rings. The normalized spacial score (nSPS) is 21.0. The number of quaternary nitrogens is 1. The number of hydroxylamine groups is 2. The summed E-state index contributed by atoms with van der Waals surface area (Å²) in [5.41, 5.74) is 1.48. The van der Waals surface area contributed by atoms with Crippen LogP contribution in [0.1, 0.15) is 29.7 Å². The second-order valence-electron chi connectivity index (χ2n) is 4.33.